The van der Waals surface area contributed by atoms with Gasteiger partial charge in [0.1, 0.15) is 6.54 Å². The summed E-state index contributed by atoms with van der Waals surface area (Å²) in [5.74, 6) is -0.266. The molecule has 3 rings (SSSR count). The average molecular weight is 441 g/mol. The Kier molecular flexibility index (Phi) is 6.53. The Hall–Kier alpha value is -1.76. The Morgan fingerprint density at radius 1 is 1.07 bits per heavy atom. The molecule has 8 heteroatoms. The third kappa shape index (κ3) is 4.45. The van der Waals surface area contributed by atoms with Gasteiger partial charge in [0.15, 0.2) is 0 Å². The molecule has 0 spiro atoms. The van der Waals surface area contributed by atoms with E-state index in [2.05, 4.69) is 0 Å². The molecule has 0 atom stereocenters. The van der Waals surface area contributed by atoms with Gasteiger partial charge >= 0.3 is 0 Å². The lowest BCUT2D eigenvalue weighted by Crippen LogP contribution is -2.44. The Labute approximate surface area is 175 Å². The van der Waals surface area contributed by atoms with Crippen LogP contribution in [0.3, 0.4) is 0 Å². The third-order valence-electron chi connectivity index (χ3n) is 5.05. The van der Waals surface area contributed by atoms with Crippen molar-refractivity contribution in [3.05, 3.63) is 58.6 Å². The number of anilines is 1. The number of halogens is 2. The molecule has 2 aromatic rings. The molecule has 1 fully saturated rings. The quantitative estimate of drug-likeness (QED) is 0.659. The maximum atomic E-state index is 13.3. The van der Waals surface area contributed by atoms with Crippen molar-refractivity contribution < 1.29 is 13.2 Å². The summed E-state index contributed by atoms with van der Waals surface area (Å²) in [6.45, 7) is -0.328. The lowest BCUT2D eigenvalue weighted by molar-refractivity contribution is -0.130. The molecule has 0 heterocycles. The highest BCUT2D eigenvalue weighted by Gasteiger charge is 2.31. The zero-order chi connectivity index (χ0) is 20.3. The van der Waals surface area contributed by atoms with E-state index in [0.717, 1.165) is 30.0 Å². The fourth-order valence-electron chi connectivity index (χ4n) is 3.43. The normalized spacial score (nSPS) is 14.8. The molecular weight excluding hydrogens is 419 g/mol. The van der Waals surface area contributed by atoms with Crippen LogP contribution in [0.1, 0.15) is 25.7 Å². The highest BCUT2D eigenvalue weighted by molar-refractivity contribution is 7.92. The third-order valence-corrected chi connectivity index (χ3v) is 7.37. The van der Waals surface area contributed by atoms with Crippen molar-refractivity contribution >= 4 is 44.8 Å². The van der Waals surface area contributed by atoms with Gasteiger partial charge in [0.25, 0.3) is 10.0 Å². The van der Waals surface area contributed by atoms with Gasteiger partial charge in [-0.1, -0.05) is 54.2 Å². The minimum atomic E-state index is -3.98. The van der Waals surface area contributed by atoms with E-state index in [1.54, 1.807) is 36.2 Å². The van der Waals surface area contributed by atoms with E-state index in [4.69, 9.17) is 23.2 Å². The van der Waals surface area contributed by atoms with Crippen LogP contribution in [0.25, 0.3) is 0 Å². The summed E-state index contributed by atoms with van der Waals surface area (Å²) in [5.41, 5.74) is 0.225. The second-order valence-electron chi connectivity index (χ2n) is 6.86. The smallest absolute Gasteiger partial charge is 0.264 e. The molecule has 0 aromatic heterocycles. The molecule has 0 radical (unpaired) electrons. The van der Waals surface area contributed by atoms with Crippen LogP contribution in [-0.4, -0.2) is 38.9 Å². The van der Waals surface area contributed by atoms with Gasteiger partial charge in [0.2, 0.25) is 5.91 Å². The number of hydrogen-bond donors (Lipinski definition) is 0. The minimum Gasteiger partial charge on any atom is -0.341 e. The number of sulfonamides is 1. The van der Waals surface area contributed by atoms with E-state index in [0.29, 0.717) is 5.02 Å². The Balaban J connectivity index is 1.98. The molecule has 1 aliphatic rings. The van der Waals surface area contributed by atoms with Crippen LogP contribution in [0.5, 0.6) is 0 Å². The molecule has 1 saturated carbocycles. The van der Waals surface area contributed by atoms with Crippen molar-refractivity contribution in [1.82, 2.24) is 4.90 Å². The summed E-state index contributed by atoms with van der Waals surface area (Å²) < 4.78 is 27.7. The maximum absolute atomic E-state index is 13.3. The van der Waals surface area contributed by atoms with Gasteiger partial charge in [-0.05, 0) is 43.2 Å². The molecule has 1 amide bonds. The fraction of sp³-hybridized carbons (Fsp3) is 0.350. The first-order valence-electron chi connectivity index (χ1n) is 9.09. The Morgan fingerprint density at radius 3 is 2.32 bits per heavy atom. The van der Waals surface area contributed by atoms with Gasteiger partial charge in [-0.2, -0.15) is 0 Å². The van der Waals surface area contributed by atoms with Gasteiger partial charge in [-0.3, -0.25) is 9.10 Å². The zero-order valence-electron chi connectivity index (χ0n) is 15.5. The number of benzene rings is 2. The van der Waals surface area contributed by atoms with Crippen LogP contribution < -0.4 is 4.31 Å². The second kappa shape index (κ2) is 8.72. The predicted octanol–water partition coefficient (Wildman–Crippen LogP) is 4.59. The molecule has 5 nitrogen and oxygen atoms in total. The van der Waals surface area contributed by atoms with Crippen LogP contribution in [0.15, 0.2) is 53.4 Å². The van der Waals surface area contributed by atoms with E-state index in [1.807, 2.05) is 0 Å². The number of rotatable bonds is 6. The number of carbonyl (C=O) groups excluding carboxylic acids is 1. The molecule has 150 valence electrons. The van der Waals surface area contributed by atoms with Crippen molar-refractivity contribution in [2.45, 2.75) is 36.6 Å². The monoisotopic (exact) mass is 440 g/mol. The van der Waals surface area contributed by atoms with Crippen LogP contribution >= 0.6 is 23.2 Å². The van der Waals surface area contributed by atoms with Crippen LogP contribution in [-0.2, 0) is 14.8 Å². The summed E-state index contributed by atoms with van der Waals surface area (Å²) in [6.07, 6.45) is 4.04. The van der Waals surface area contributed by atoms with Crippen LogP contribution in [0.4, 0.5) is 5.69 Å². The summed E-state index contributed by atoms with van der Waals surface area (Å²) >= 11 is 12.3. The zero-order valence-corrected chi connectivity index (χ0v) is 17.8. The number of amides is 1. The maximum Gasteiger partial charge on any atom is 0.264 e. The van der Waals surface area contributed by atoms with Gasteiger partial charge in [0.05, 0.1) is 15.6 Å². The highest BCUT2D eigenvalue weighted by Crippen LogP contribution is 2.33. The summed E-state index contributed by atoms with van der Waals surface area (Å²) in [5, 5.41) is 0.559. The molecule has 2 aromatic carbocycles. The number of likely N-dealkylation sites (N-methyl/N-ethyl adjacent to an activating group) is 1. The predicted molar refractivity (Wildman–Crippen MR) is 112 cm³/mol. The Morgan fingerprint density at radius 2 is 1.71 bits per heavy atom. The lowest BCUT2D eigenvalue weighted by atomic mass is 10.2. The van der Waals surface area contributed by atoms with Gasteiger partial charge in [-0.25, -0.2) is 8.42 Å². The molecule has 0 bridgehead atoms. The molecule has 0 saturated heterocycles. The SMILES string of the molecule is CN(C(=O)CN(c1ccc(Cl)cc1Cl)S(=O)(=O)c1ccccc1)C1CCCC1. The van der Waals surface area contributed by atoms with Crippen molar-refractivity contribution in [2.75, 3.05) is 17.9 Å². The standard InChI is InChI=1S/C20H22Cl2N2O3S/c1-23(16-7-5-6-8-16)20(25)14-24(19-12-11-15(21)13-18(19)22)28(26,27)17-9-3-2-4-10-17/h2-4,9-13,16H,5-8,14H2,1H3. The lowest BCUT2D eigenvalue weighted by Gasteiger charge is -2.30. The molecular formula is C20H22Cl2N2O3S. The Bertz CT molecular complexity index is 945. The van der Waals surface area contributed by atoms with Crippen LogP contribution in [0, 0.1) is 0 Å². The second-order valence-corrected chi connectivity index (χ2v) is 9.57. The fourth-order valence-corrected chi connectivity index (χ4v) is 5.45. The topological polar surface area (TPSA) is 57.7 Å². The summed E-state index contributed by atoms with van der Waals surface area (Å²) in [7, 11) is -2.25. The molecule has 1 aliphatic carbocycles. The van der Waals surface area contributed by atoms with Crippen molar-refractivity contribution in [2.24, 2.45) is 0 Å². The first kappa shape index (κ1) is 21.0. The van der Waals surface area contributed by atoms with Crippen molar-refractivity contribution in [3.63, 3.8) is 0 Å². The minimum absolute atomic E-state index is 0.0948. The first-order chi connectivity index (χ1) is 13.3. The summed E-state index contributed by atoms with van der Waals surface area (Å²) in [4.78, 5) is 14.7. The van der Waals surface area contributed by atoms with E-state index >= 15 is 0 Å². The first-order valence-corrected chi connectivity index (χ1v) is 11.3. The van der Waals surface area contributed by atoms with Crippen molar-refractivity contribution in [3.8, 4) is 0 Å². The number of hydrogen-bond acceptors (Lipinski definition) is 3. The molecule has 28 heavy (non-hydrogen) atoms. The molecule has 0 N–H and O–H groups in total. The molecule has 0 unspecified atom stereocenters. The average Bonchev–Trinajstić information content (AvgIpc) is 3.21. The van der Waals surface area contributed by atoms with Gasteiger partial charge in [0, 0.05) is 18.1 Å². The number of nitrogens with zero attached hydrogens (tertiary/aromatic N) is 2. The highest BCUT2D eigenvalue weighted by atomic mass is 35.5. The number of carbonyl (C=O) groups is 1. The molecule has 0 aliphatic heterocycles. The van der Waals surface area contributed by atoms with Crippen molar-refractivity contribution in [1.29, 1.82) is 0 Å². The van der Waals surface area contributed by atoms with E-state index < -0.39 is 10.0 Å². The van der Waals surface area contributed by atoms with Gasteiger partial charge in [-0.15, -0.1) is 0 Å². The largest absolute Gasteiger partial charge is 0.341 e. The summed E-state index contributed by atoms with van der Waals surface area (Å²) in [6, 6.07) is 12.7. The van der Waals surface area contributed by atoms with E-state index in [-0.39, 0.29) is 34.1 Å². The van der Waals surface area contributed by atoms with Gasteiger partial charge < -0.3 is 4.90 Å². The van der Waals surface area contributed by atoms with E-state index in [9.17, 15) is 13.2 Å². The van der Waals surface area contributed by atoms with E-state index in [1.165, 1.54) is 24.3 Å². The van der Waals surface area contributed by atoms with Crippen LogP contribution in [0.2, 0.25) is 10.0 Å².